The van der Waals surface area contributed by atoms with E-state index in [1.165, 1.54) is 4.90 Å². The Bertz CT molecular complexity index is 1060. The lowest BCUT2D eigenvalue weighted by atomic mass is 9.96. The number of aryl methyl sites for hydroxylation is 2. The van der Waals surface area contributed by atoms with Crippen molar-refractivity contribution in [1.29, 1.82) is 0 Å². The summed E-state index contributed by atoms with van der Waals surface area (Å²) >= 11 is 0. The number of aliphatic hydroxyl groups is 1. The molecule has 2 amide bonds. The van der Waals surface area contributed by atoms with Crippen molar-refractivity contribution in [3.63, 3.8) is 0 Å². The van der Waals surface area contributed by atoms with Crippen LogP contribution in [0.3, 0.4) is 0 Å². The van der Waals surface area contributed by atoms with Crippen molar-refractivity contribution in [2.45, 2.75) is 26.7 Å². The number of piperidine rings is 1. The van der Waals surface area contributed by atoms with Gasteiger partial charge < -0.3 is 14.7 Å². The second-order valence-electron chi connectivity index (χ2n) is 8.30. The van der Waals surface area contributed by atoms with Gasteiger partial charge in [-0.1, -0.05) is 30.3 Å². The normalized spacial score (nSPS) is 19.4. The summed E-state index contributed by atoms with van der Waals surface area (Å²) in [5, 5.41) is 9.71. The Kier molecular flexibility index (Phi) is 5.83. The van der Waals surface area contributed by atoms with E-state index in [2.05, 4.69) is 0 Å². The zero-order valence-corrected chi connectivity index (χ0v) is 18.2. The molecule has 1 fully saturated rings. The number of hydrogen-bond donors (Lipinski definition) is 1. The van der Waals surface area contributed by atoms with Gasteiger partial charge in [-0.3, -0.25) is 9.59 Å². The maximum Gasteiger partial charge on any atom is 0.282 e. The Morgan fingerprint density at radius 1 is 1.10 bits per heavy atom. The molecule has 0 aliphatic carbocycles. The molecule has 6 heteroatoms. The average Bonchev–Trinajstić information content (AvgIpc) is 3.05. The first-order valence-corrected chi connectivity index (χ1v) is 10.7. The maximum atomic E-state index is 13.8. The highest BCUT2D eigenvalue weighted by molar-refractivity contribution is 6.45. The number of hydrogen-bond acceptors (Lipinski definition) is 5. The van der Waals surface area contributed by atoms with Crippen LogP contribution in [0.2, 0.25) is 0 Å². The summed E-state index contributed by atoms with van der Waals surface area (Å²) in [5.41, 5.74) is 3.81. The number of imide groups is 1. The van der Waals surface area contributed by atoms with Crippen LogP contribution < -0.4 is 9.64 Å². The van der Waals surface area contributed by atoms with Gasteiger partial charge in [0.25, 0.3) is 11.8 Å². The molecule has 2 aromatic carbocycles. The summed E-state index contributed by atoms with van der Waals surface area (Å²) in [4.78, 5) is 30.8. The minimum atomic E-state index is -0.343. The van der Waals surface area contributed by atoms with Gasteiger partial charge in [-0.15, -0.1) is 0 Å². The lowest BCUT2D eigenvalue weighted by molar-refractivity contribution is -0.120. The Morgan fingerprint density at radius 2 is 1.87 bits per heavy atom. The molecule has 1 saturated heterocycles. The summed E-state index contributed by atoms with van der Waals surface area (Å²) in [7, 11) is 1.56. The summed E-state index contributed by atoms with van der Waals surface area (Å²) in [6, 6.07) is 13.1. The predicted octanol–water partition coefficient (Wildman–Crippen LogP) is 3.30. The first-order chi connectivity index (χ1) is 15.0. The molecule has 0 spiro atoms. The second-order valence-corrected chi connectivity index (χ2v) is 8.30. The van der Waals surface area contributed by atoms with Crippen molar-refractivity contribution < 1.29 is 19.4 Å². The zero-order valence-electron chi connectivity index (χ0n) is 18.2. The largest absolute Gasteiger partial charge is 0.496 e. The Balaban J connectivity index is 1.88. The van der Waals surface area contributed by atoms with Gasteiger partial charge in [0, 0.05) is 25.3 Å². The summed E-state index contributed by atoms with van der Waals surface area (Å²) < 4.78 is 5.53. The van der Waals surface area contributed by atoms with Crippen molar-refractivity contribution in [3.8, 4) is 5.75 Å². The summed E-state index contributed by atoms with van der Waals surface area (Å²) in [6.45, 7) is 5.13. The molecule has 0 bridgehead atoms. The lowest BCUT2D eigenvalue weighted by Gasteiger charge is -2.34. The van der Waals surface area contributed by atoms with Crippen LogP contribution in [0.1, 0.15) is 29.5 Å². The molecule has 1 unspecified atom stereocenters. The molecule has 0 radical (unpaired) electrons. The van der Waals surface area contributed by atoms with Gasteiger partial charge in [0.05, 0.1) is 18.4 Å². The number of amides is 2. The van der Waals surface area contributed by atoms with Crippen LogP contribution >= 0.6 is 0 Å². The van der Waals surface area contributed by atoms with Crippen LogP contribution in [-0.2, 0) is 9.59 Å². The molecule has 0 saturated carbocycles. The van der Waals surface area contributed by atoms with Crippen molar-refractivity contribution in [2.24, 2.45) is 5.92 Å². The number of ether oxygens (including phenoxy) is 1. The van der Waals surface area contributed by atoms with Crippen LogP contribution in [0, 0.1) is 19.8 Å². The molecule has 1 N–H and O–H groups in total. The topological polar surface area (TPSA) is 70.1 Å². The van der Waals surface area contributed by atoms with Gasteiger partial charge in [-0.25, -0.2) is 4.90 Å². The van der Waals surface area contributed by atoms with Gasteiger partial charge in [0.1, 0.15) is 11.4 Å². The van der Waals surface area contributed by atoms with Crippen LogP contribution in [-0.4, -0.2) is 48.6 Å². The van der Waals surface area contributed by atoms with Crippen LogP contribution in [0.5, 0.6) is 5.75 Å². The number of methoxy groups -OCH3 is 1. The van der Waals surface area contributed by atoms with Gasteiger partial charge in [-0.05, 0) is 55.9 Å². The maximum absolute atomic E-state index is 13.8. The van der Waals surface area contributed by atoms with Crippen molar-refractivity contribution in [2.75, 3.05) is 31.7 Å². The van der Waals surface area contributed by atoms with Gasteiger partial charge >= 0.3 is 0 Å². The van der Waals surface area contributed by atoms with Gasteiger partial charge in [-0.2, -0.15) is 0 Å². The fraction of sp³-hybridized carbons (Fsp3) is 0.360. The smallest absolute Gasteiger partial charge is 0.282 e. The van der Waals surface area contributed by atoms with E-state index >= 15 is 0 Å². The molecule has 2 aliphatic rings. The Morgan fingerprint density at radius 3 is 2.61 bits per heavy atom. The van der Waals surface area contributed by atoms with E-state index in [1.54, 1.807) is 13.2 Å². The standard InChI is InChI=1S/C25H28N2O4/c1-16-10-11-17(2)20(13-16)27-24(29)22(19-8-4-5-9-21(19)31-3)23(25(27)30)26-12-6-7-18(14-26)15-28/h4-5,8-11,13,18,28H,6-7,12,14-15H2,1-3H3. The van der Waals surface area contributed by atoms with Crippen molar-refractivity contribution in [3.05, 3.63) is 64.9 Å². The zero-order chi connectivity index (χ0) is 22.1. The lowest BCUT2D eigenvalue weighted by Crippen LogP contribution is -2.40. The fourth-order valence-corrected chi connectivity index (χ4v) is 4.50. The Labute approximate surface area is 182 Å². The van der Waals surface area contributed by atoms with E-state index in [1.807, 2.05) is 55.1 Å². The quantitative estimate of drug-likeness (QED) is 0.752. The Hall–Kier alpha value is -3.12. The van der Waals surface area contributed by atoms with Crippen LogP contribution in [0.25, 0.3) is 5.57 Å². The summed E-state index contributed by atoms with van der Waals surface area (Å²) in [5.74, 6) is -0.0324. The molecule has 2 heterocycles. The number of carbonyl (C=O) groups is 2. The number of carbonyl (C=O) groups excluding carboxylic acids is 2. The van der Waals surface area contributed by atoms with Gasteiger partial charge in [0.2, 0.25) is 0 Å². The number of nitrogens with zero attached hydrogens (tertiary/aromatic N) is 2. The fourth-order valence-electron chi connectivity index (χ4n) is 4.50. The summed E-state index contributed by atoms with van der Waals surface area (Å²) in [6.07, 6.45) is 1.77. The van der Waals surface area contributed by atoms with Crippen LogP contribution in [0.4, 0.5) is 5.69 Å². The average molecular weight is 421 g/mol. The third kappa shape index (κ3) is 3.72. The first kappa shape index (κ1) is 21.1. The van der Waals surface area contributed by atoms with E-state index in [-0.39, 0.29) is 24.3 Å². The van der Waals surface area contributed by atoms with Gasteiger partial charge in [0.15, 0.2) is 0 Å². The number of benzene rings is 2. The van der Waals surface area contributed by atoms with E-state index in [0.29, 0.717) is 41.4 Å². The monoisotopic (exact) mass is 420 g/mol. The molecule has 2 aliphatic heterocycles. The minimum Gasteiger partial charge on any atom is -0.496 e. The number of likely N-dealkylation sites (tertiary alicyclic amines) is 1. The number of para-hydroxylation sites is 1. The SMILES string of the molecule is COc1ccccc1C1=C(N2CCCC(CO)C2)C(=O)N(c2cc(C)ccc2C)C1=O. The molecule has 162 valence electrons. The third-order valence-corrected chi connectivity index (χ3v) is 6.13. The number of aliphatic hydroxyl groups excluding tert-OH is 1. The van der Waals surface area contributed by atoms with Crippen molar-refractivity contribution in [1.82, 2.24) is 4.90 Å². The van der Waals surface area contributed by atoms with E-state index in [0.717, 1.165) is 24.0 Å². The highest BCUT2D eigenvalue weighted by Gasteiger charge is 2.44. The molecule has 31 heavy (non-hydrogen) atoms. The highest BCUT2D eigenvalue weighted by Crippen LogP contribution is 2.40. The molecular formula is C25H28N2O4. The van der Waals surface area contributed by atoms with E-state index in [9.17, 15) is 14.7 Å². The highest BCUT2D eigenvalue weighted by atomic mass is 16.5. The molecular weight excluding hydrogens is 392 g/mol. The number of anilines is 1. The minimum absolute atomic E-state index is 0.0661. The number of rotatable bonds is 5. The predicted molar refractivity (Wildman–Crippen MR) is 120 cm³/mol. The van der Waals surface area contributed by atoms with Crippen molar-refractivity contribution >= 4 is 23.1 Å². The van der Waals surface area contributed by atoms with Crippen LogP contribution in [0.15, 0.2) is 48.2 Å². The third-order valence-electron chi connectivity index (χ3n) is 6.13. The first-order valence-electron chi connectivity index (χ1n) is 10.7. The second kappa shape index (κ2) is 8.55. The molecule has 1 atom stereocenters. The molecule has 0 aromatic heterocycles. The van der Waals surface area contributed by atoms with E-state index in [4.69, 9.17) is 4.74 Å². The molecule has 2 aromatic rings. The molecule has 6 nitrogen and oxygen atoms in total. The van der Waals surface area contributed by atoms with E-state index < -0.39 is 0 Å². The molecule has 4 rings (SSSR count).